The maximum atomic E-state index is 3.29. The van der Waals surface area contributed by atoms with E-state index in [2.05, 4.69) is 7.69 Å². The van der Waals surface area contributed by atoms with Crippen molar-refractivity contribution >= 4 is 37.0 Å². The van der Waals surface area contributed by atoms with Gasteiger partial charge in [0, 0.05) is 0 Å². The molecule has 0 saturated heterocycles. The van der Waals surface area contributed by atoms with Gasteiger partial charge in [0.1, 0.15) is 0 Å². The van der Waals surface area contributed by atoms with Crippen molar-refractivity contribution in [2.45, 2.75) is 0 Å². The van der Waals surface area contributed by atoms with Crippen molar-refractivity contribution in [1.82, 2.24) is 0 Å². The predicted molar refractivity (Wildman–Crippen MR) is 28.6 cm³/mol. The van der Waals surface area contributed by atoms with Crippen LogP contribution in [0.5, 0.6) is 0 Å². The molecule has 0 aromatic rings. The monoisotopic (exact) mass is 191 g/mol. The molecule has 0 bridgehead atoms. The summed E-state index contributed by atoms with van der Waals surface area (Å²) in [5, 5.41) is 0. The van der Waals surface area contributed by atoms with Crippen molar-refractivity contribution in [2.24, 2.45) is 0 Å². The van der Waals surface area contributed by atoms with E-state index >= 15 is 0 Å². The van der Waals surface area contributed by atoms with Gasteiger partial charge in [-0.1, -0.05) is 0 Å². The second-order valence-corrected chi connectivity index (χ2v) is 5.13. The fourth-order valence-corrected chi connectivity index (χ4v) is 4.11. The van der Waals surface area contributed by atoms with Crippen LogP contribution in [0.4, 0.5) is 0 Å². The molecule has 25 valence electrons. The van der Waals surface area contributed by atoms with Gasteiger partial charge in [-0.25, -0.2) is 0 Å². The van der Waals surface area contributed by atoms with Crippen LogP contribution in [0.1, 0.15) is 0 Å². The molecule has 0 unspecified atom stereocenters. The van der Waals surface area contributed by atoms with Gasteiger partial charge in [0.25, 0.3) is 0 Å². The molecule has 0 fully saturated rings. The summed E-state index contributed by atoms with van der Waals surface area (Å²) in [4.78, 5) is 0. The van der Waals surface area contributed by atoms with Gasteiger partial charge in [-0.2, -0.15) is 0 Å². The summed E-state index contributed by atoms with van der Waals surface area (Å²) in [6.45, 7) is 0. The summed E-state index contributed by atoms with van der Waals surface area (Å²) in [5.74, 6) is 0. The topological polar surface area (TPSA) is 0 Å². The average Bonchev–Trinajstić information content (AvgIpc) is 1.76. The summed E-state index contributed by atoms with van der Waals surface area (Å²) >= 11 is 0.0793. The molecule has 0 atom stereocenters. The Morgan fingerprint density at radius 1 is 2.00 bits per heavy atom. The van der Waals surface area contributed by atoms with Crippen LogP contribution in [0.3, 0.4) is 0 Å². The Morgan fingerprint density at radius 3 is 3.20 bits per heavy atom. The molecule has 0 N–H and O–H groups in total. The molecule has 0 aliphatic carbocycles. The van der Waals surface area contributed by atoms with Crippen LogP contribution in [0.15, 0.2) is 0 Å². The SMILES string of the molecule is [C]1=PC[CH]=[Sb]1. The average molecular weight is 192 g/mol. The molecular formula is C3H3PSb. The first kappa shape index (κ1) is 4.03. The van der Waals surface area contributed by atoms with E-state index in [4.69, 9.17) is 0 Å². The van der Waals surface area contributed by atoms with Gasteiger partial charge in [0.2, 0.25) is 0 Å². The first-order chi connectivity index (χ1) is 2.50. The van der Waals surface area contributed by atoms with E-state index in [1.807, 2.05) is 0 Å². The Hall–Kier alpha value is 0.858. The number of rotatable bonds is 0. The summed E-state index contributed by atoms with van der Waals surface area (Å²) in [6, 6.07) is 0. The predicted octanol–water partition coefficient (Wildman–Crippen LogP) is 0.0893. The third-order valence-electron chi connectivity index (χ3n) is 0.393. The van der Waals surface area contributed by atoms with Gasteiger partial charge >= 0.3 is 43.2 Å². The summed E-state index contributed by atoms with van der Waals surface area (Å²) in [7, 11) is 1.45. The van der Waals surface area contributed by atoms with E-state index in [9.17, 15) is 0 Å². The van der Waals surface area contributed by atoms with E-state index in [1.165, 1.54) is 14.4 Å². The number of hydrogen-bond acceptors (Lipinski definition) is 0. The van der Waals surface area contributed by atoms with Crippen molar-refractivity contribution in [3.8, 4) is 0 Å². The van der Waals surface area contributed by atoms with Crippen LogP contribution in [0.2, 0.25) is 0 Å². The summed E-state index contributed by atoms with van der Waals surface area (Å²) in [6.07, 6.45) is 1.30. The van der Waals surface area contributed by atoms with Gasteiger partial charge in [-0.05, 0) is 0 Å². The minimum atomic E-state index is 0.0793. The second-order valence-electron chi connectivity index (χ2n) is 0.752. The summed E-state index contributed by atoms with van der Waals surface area (Å²) in [5.41, 5.74) is 0. The first-order valence-corrected chi connectivity index (χ1v) is 5.26. The Labute approximate surface area is 43.4 Å². The first-order valence-electron chi connectivity index (χ1n) is 1.43. The van der Waals surface area contributed by atoms with Gasteiger partial charge in [0.05, 0.1) is 0 Å². The van der Waals surface area contributed by atoms with Crippen LogP contribution >= 0.6 is 8.20 Å². The van der Waals surface area contributed by atoms with Crippen molar-refractivity contribution in [1.29, 1.82) is 0 Å². The van der Waals surface area contributed by atoms with Crippen LogP contribution < -0.4 is 0 Å². The van der Waals surface area contributed by atoms with Crippen LogP contribution in [-0.4, -0.2) is 35.0 Å². The van der Waals surface area contributed by atoms with E-state index in [1.54, 1.807) is 0 Å². The number of hydrogen-bond donors (Lipinski definition) is 0. The molecule has 0 aromatic heterocycles. The molecule has 1 radical (unpaired) electrons. The molecule has 0 spiro atoms. The molecule has 0 saturated carbocycles. The summed E-state index contributed by atoms with van der Waals surface area (Å²) < 4.78 is 5.68. The molecule has 0 amide bonds. The molecule has 1 aliphatic rings. The van der Waals surface area contributed by atoms with Crippen molar-refractivity contribution in [2.75, 3.05) is 6.16 Å². The van der Waals surface area contributed by atoms with Crippen molar-refractivity contribution in [3.63, 3.8) is 0 Å². The zero-order chi connectivity index (χ0) is 3.54. The van der Waals surface area contributed by atoms with E-state index in [0.29, 0.717) is 0 Å². The Bertz CT molecular complexity index is 65.0. The van der Waals surface area contributed by atoms with E-state index < -0.39 is 0 Å². The van der Waals surface area contributed by atoms with Gasteiger partial charge < -0.3 is 0 Å². The minimum absolute atomic E-state index is 0.0793. The fraction of sp³-hybridized carbons (Fsp3) is 0.333. The standard InChI is InChI=1S/C3H3P.Sb/c1-3-4-2;/h1H,3H2;. The zero-order valence-corrected chi connectivity index (χ0v) is 6.13. The van der Waals surface area contributed by atoms with Gasteiger partial charge in [0.15, 0.2) is 0 Å². The van der Waals surface area contributed by atoms with Crippen LogP contribution in [0, 0.1) is 0 Å². The third kappa shape index (κ3) is 1.16. The van der Waals surface area contributed by atoms with E-state index in [0.717, 1.165) is 0 Å². The Balaban J connectivity index is 2.61. The molecular weight excluding hydrogens is 189 g/mol. The quantitative estimate of drug-likeness (QED) is 0.376. The zero-order valence-electron chi connectivity index (χ0n) is 2.68. The van der Waals surface area contributed by atoms with E-state index in [-0.39, 0.29) is 21.1 Å². The third-order valence-corrected chi connectivity index (χ3v) is 5.11. The second kappa shape index (κ2) is 2.11. The van der Waals surface area contributed by atoms with Crippen LogP contribution in [0.25, 0.3) is 0 Å². The van der Waals surface area contributed by atoms with Crippen LogP contribution in [-0.2, 0) is 0 Å². The molecule has 1 aliphatic heterocycles. The fourth-order valence-electron chi connectivity index (χ4n) is 0.204. The Kier molecular flexibility index (Phi) is 1.70. The normalized spacial score (nSPS) is 20.8. The van der Waals surface area contributed by atoms with Gasteiger partial charge in [-0.15, -0.1) is 0 Å². The maximum absolute atomic E-state index is 3.29. The van der Waals surface area contributed by atoms with Crippen molar-refractivity contribution < 1.29 is 0 Å². The van der Waals surface area contributed by atoms with Crippen molar-refractivity contribution in [3.05, 3.63) is 0 Å². The molecule has 0 aromatic carbocycles. The molecule has 0 nitrogen and oxygen atoms in total. The molecule has 1 heterocycles. The van der Waals surface area contributed by atoms with Gasteiger partial charge in [-0.3, -0.25) is 0 Å². The Morgan fingerprint density at radius 2 is 3.00 bits per heavy atom. The molecule has 2 heteroatoms. The molecule has 1 rings (SSSR count). The molecule has 5 heavy (non-hydrogen) atoms.